The Hall–Kier alpha value is -0.610. The molecule has 2 unspecified atom stereocenters. The average Bonchev–Trinajstić information content (AvgIpc) is 2.75. The molecule has 0 aromatic heterocycles. The molecule has 0 saturated carbocycles. The smallest absolute Gasteiger partial charge is 0.110 e. The van der Waals surface area contributed by atoms with Crippen LogP contribution in [0.5, 0.6) is 0 Å². The molecule has 0 amide bonds. The van der Waals surface area contributed by atoms with Gasteiger partial charge >= 0.3 is 0 Å². The first-order chi connectivity index (χ1) is 7.31. The molecule has 1 aliphatic heterocycles. The molecule has 0 spiro atoms. The molecule has 3 nitrogen and oxygen atoms in total. The van der Waals surface area contributed by atoms with Crippen LogP contribution in [0.3, 0.4) is 0 Å². The minimum Gasteiger partial charge on any atom is -0.374 e. The molecule has 15 heavy (non-hydrogen) atoms. The van der Waals surface area contributed by atoms with E-state index in [1.54, 1.807) is 7.11 Å². The summed E-state index contributed by atoms with van der Waals surface area (Å²) in [6.45, 7) is 1.42. The highest BCUT2D eigenvalue weighted by molar-refractivity contribution is 6.30. The summed E-state index contributed by atoms with van der Waals surface area (Å²) in [5, 5.41) is 3.88. The Bertz CT molecular complexity index is 309. The zero-order valence-electron chi connectivity index (χ0n) is 8.57. The number of hydrogen-bond acceptors (Lipinski definition) is 3. The second kappa shape index (κ2) is 4.94. The van der Waals surface area contributed by atoms with Gasteiger partial charge in [-0.1, -0.05) is 23.7 Å². The van der Waals surface area contributed by atoms with Crippen LogP contribution in [0.2, 0.25) is 5.02 Å². The van der Waals surface area contributed by atoms with Gasteiger partial charge in [-0.2, -0.15) is 0 Å². The van der Waals surface area contributed by atoms with Crippen molar-refractivity contribution in [2.75, 3.05) is 20.4 Å². The standard InChI is InChI=1S/C11H14ClNO2/c1-14-11(10-6-13-7-15-10)8-2-4-9(12)5-3-8/h2-5,10-11,13H,6-7H2,1H3. The minimum absolute atomic E-state index is 0.0303. The quantitative estimate of drug-likeness (QED) is 0.857. The minimum atomic E-state index is -0.0303. The Labute approximate surface area is 94.3 Å². The molecule has 1 fully saturated rings. The summed E-state index contributed by atoms with van der Waals surface area (Å²) >= 11 is 5.83. The molecular weight excluding hydrogens is 214 g/mol. The lowest BCUT2D eigenvalue weighted by Gasteiger charge is -2.21. The van der Waals surface area contributed by atoms with Crippen molar-refractivity contribution in [2.45, 2.75) is 12.2 Å². The van der Waals surface area contributed by atoms with E-state index in [1.165, 1.54) is 0 Å². The van der Waals surface area contributed by atoms with Gasteiger partial charge in [0.1, 0.15) is 12.2 Å². The lowest BCUT2D eigenvalue weighted by molar-refractivity contribution is -0.0239. The average molecular weight is 228 g/mol. The fraction of sp³-hybridized carbons (Fsp3) is 0.455. The van der Waals surface area contributed by atoms with Crippen molar-refractivity contribution in [3.8, 4) is 0 Å². The van der Waals surface area contributed by atoms with Gasteiger partial charge in [0.15, 0.2) is 0 Å². The molecular formula is C11H14ClNO2. The summed E-state index contributed by atoms with van der Waals surface area (Å²) in [7, 11) is 1.70. The van der Waals surface area contributed by atoms with Crippen molar-refractivity contribution in [2.24, 2.45) is 0 Å². The molecule has 0 radical (unpaired) electrons. The van der Waals surface area contributed by atoms with Crippen LogP contribution in [0.15, 0.2) is 24.3 Å². The highest BCUT2D eigenvalue weighted by Crippen LogP contribution is 2.25. The Kier molecular flexibility index (Phi) is 3.59. The molecule has 4 heteroatoms. The molecule has 2 rings (SSSR count). The summed E-state index contributed by atoms with van der Waals surface area (Å²) in [5.41, 5.74) is 1.09. The number of hydrogen-bond donors (Lipinski definition) is 1. The Morgan fingerprint density at radius 1 is 1.47 bits per heavy atom. The van der Waals surface area contributed by atoms with E-state index in [2.05, 4.69) is 5.32 Å². The van der Waals surface area contributed by atoms with Gasteiger partial charge in [0.05, 0.1) is 6.73 Å². The van der Waals surface area contributed by atoms with Crippen molar-refractivity contribution in [3.63, 3.8) is 0 Å². The van der Waals surface area contributed by atoms with Crippen LogP contribution < -0.4 is 5.32 Å². The molecule has 82 valence electrons. The summed E-state index contributed by atoms with van der Waals surface area (Å²) in [6, 6.07) is 7.67. The molecule has 2 atom stereocenters. The van der Waals surface area contributed by atoms with E-state index < -0.39 is 0 Å². The fourth-order valence-corrected chi connectivity index (χ4v) is 1.90. The number of halogens is 1. The summed E-state index contributed by atoms with van der Waals surface area (Å²) < 4.78 is 11.0. The Morgan fingerprint density at radius 2 is 2.20 bits per heavy atom. The summed E-state index contributed by atoms with van der Waals surface area (Å²) in [5.74, 6) is 0. The number of rotatable bonds is 3. The monoisotopic (exact) mass is 227 g/mol. The molecule has 1 N–H and O–H groups in total. The third kappa shape index (κ3) is 2.49. The van der Waals surface area contributed by atoms with Gasteiger partial charge in [-0.15, -0.1) is 0 Å². The van der Waals surface area contributed by atoms with Crippen molar-refractivity contribution in [1.82, 2.24) is 5.32 Å². The molecule has 0 bridgehead atoms. The summed E-state index contributed by atoms with van der Waals surface area (Å²) in [4.78, 5) is 0. The maximum Gasteiger partial charge on any atom is 0.110 e. The largest absolute Gasteiger partial charge is 0.374 e. The molecule has 0 aliphatic carbocycles. The van der Waals surface area contributed by atoms with Crippen LogP contribution in [0.4, 0.5) is 0 Å². The molecule has 1 aromatic carbocycles. The van der Waals surface area contributed by atoms with E-state index in [1.807, 2.05) is 24.3 Å². The summed E-state index contributed by atoms with van der Waals surface area (Å²) in [6.07, 6.45) is 0.0495. The van der Waals surface area contributed by atoms with Crippen LogP contribution in [0, 0.1) is 0 Å². The normalized spacial score (nSPS) is 22.9. The molecule has 1 saturated heterocycles. The van der Waals surface area contributed by atoms with Crippen LogP contribution in [-0.2, 0) is 9.47 Å². The zero-order valence-corrected chi connectivity index (χ0v) is 9.33. The van der Waals surface area contributed by atoms with E-state index in [0.29, 0.717) is 6.73 Å². The van der Waals surface area contributed by atoms with Gasteiger partial charge in [-0.25, -0.2) is 0 Å². The van der Waals surface area contributed by atoms with E-state index in [9.17, 15) is 0 Å². The predicted molar refractivity (Wildman–Crippen MR) is 58.9 cm³/mol. The second-order valence-corrected chi connectivity index (χ2v) is 3.95. The van der Waals surface area contributed by atoms with Crippen LogP contribution in [-0.4, -0.2) is 26.5 Å². The molecule has 1 heterocycles. The first-order valence-corrected chi connectivity index (χ1v) is 5.29. The topological polar surface area (TPSA) is 30.5 Å². The highest BCUT2D eigenvalue weighted by Gasteiger charge is 2.26. The molecule has 1 aliphatic rings. The van der Waals surface area contributed by atoms with Gasteiger partial charge in [-0.05, 0) is 17.7 Å². The predicted octanol–water partition coefficient (Wildman–Crippen LogP) is 1.97. The number of nitrogens with one attached hydrogen (secondary N) is 1. The van der Waals surface area contributed by atoms with E-state index >= 15 is 0 Å². The Balaban J connectivity index is 2.14. The highest BCUT2D eigenvalue weighted by atomic mass is 35.5. The SMILES string of the molecule is COC(c1ccc(Cl)cc1)C1CNCO1. The van der Waals surface area contributed by atoms with Crippen molar-refractivity contribution in [1.29, 1.82) is 0 Å². The first kappa shape index (κ1) is 10.9. The third-order valence-electron chi connectivity index (χ3n) is 2.54. The van der Waals surface area contributed by atoms with Crippen LogP contribution in [0.25, 0.3) is 0 Å². The number of methoxy groups -OCH3 is 1. The van der Waals surface area contributed by atoms with Gasteiger partial charge in [-0.3, -0.25) is 5.32 Å². The maximum absolute atomic E-state index is 5.83. The lowest BCUT2D eigenvalue weighted by atomic mass is 10.0. The number of ether oxygens (including phenoxy) is 2. The number of benzene rings is 1. The van der Waals surface area contributed by atoms with Gasteiger partial charge in [0.25, 0.3) is 0 Å². The lowest BCUT2D eigenvalue weighted by Crippen LogP contribution is -2.24. The van der Waals surface area contributed by atoms with E-state index in [0.717, 1.165) is 17.1 Å². The molecule has 1 aromatic rings. The Morgan fingerprint density at radius 3 is 2.73 bits per heavy atom. The third-order valence-corrected chi connectivity index (χ3v) is 2.79. The van der Waals surface area contributed by atoms with Gasteiger partial charge < -0.3 is 9.47 Å². The van der Waals surface area contributed by atoms with Crippen molar-refractivity contribution >= 4 is 11.6 Å². The van der Waals surface area contributed by atoms with Gasteiger partial charge in [0, 0.05) is 18.7 Å². The van der Waals surface area contributed by atoms with E-state index in [-0.39, 0.29) is 12.2 Å². The van der Waals surface area contributed by atoms with Crippen LogP contribution >= 0.6 is 11.6 Å². The second-order valence-electron chi connectivity index (χ2n) is 3.51. The van der Waals surface area contributed by atoms with E-state index in [4.69, 9.17) is 21.1 Å². The first-order valence-electron chi connectivity index (χ1n) is 4.92. The fourth-order valence-electron chi connectivity index (χ4n) is 1.78. The maximum atomic E-state index is 5.83. The van der Waals surface area contributed by atoms with Crippen molar-refractivity contribution in [3.05, 3.63) is 34.9 Å². The van der Waals surface area contributed by atoms with Crippen LogP contribution in [0.1, 0.15) is 11.7 Å². The zero-order chi connectivity index (χ0) is 10.7. The van der Waals surface area contributed by atoms with Gasteiger partial charge in [0.2, 0.25) is 0 Å². The van der Waals surface area contributed by atoms with Crippen molar-refractivity contribution < 1.29 is 9.47 Å².